The first-order valence-corrected chi connectivity index (χ1v) is 4.03. The van der Waals surface area contributed by atoms with Crippen LogP contribution in [0.1, 0.15) is 16.7 Å². The van der Waals surface area contributed by atoms with Gasteiger partial charge >= 0.3 is 0 Å². The molecule has 1 rings (SSSR count). The maximum atomic E-state index is 2.74. The van der Waals surface area contributed by atoms with Crippen LogP contribution in [0.5, 0.6) is 0 Å². The molecule has 0 saturated heterocycles. The van der Waals surface area contributed by atoms with Crippen molar-refractivity contribution in [2.45, 2.75) is 20.8 Å². The lowest BCUT2D eigenvalue weighted by atomic mass is 10.1. The molecule has 0 nitrogen and oxygen atoms in total. The normalized spacial score (nSPS) is 8.33. The molecule has 0 aliphatic carbocycles. The predicted molar refractivity (Wildman–Crippen MR) is 64.5 cm³/mol. The van der Waals surface area contributed by atoms with Crippen molar-refractivity contribution in [3.63, 3.8) is 0 Å². The Bertz CT molecular complexity index is 232. The van der Waals surface area contributed by atoms with Gasteiger partial charge in [-0.25, -0.2) is 0 Å². The third kappa shape index (κ3) is 2.94. The average Bonchev–Trinajstić information content (AvgIpc) is 1.93. The summed E-state index contributed by atoms with van der Waals surface area (Å²) in [5.74, 6) is 0. The minimum absolute atomic E-state index is 0. The molecule has 1 aromatic carbocycles. The quantitative estimate of drug-likeness (QED) is 0.595. The van der Waals surface area contributed by atoms with E-state index in [1.807, 2.05) is 0 Å². The molecular weight excluding hydrogens is 210 g/mol. The van der Waals surface area contributed by atoms with E-state index in [4.69, 9.17) is 0 Å². The SMILES string of the molecule is Cc1ccc(P)c(C)c1C.Cl.Cl. The minimum Gasteiger partial charge on any atom is -0.147 e. The zero-order valence-electron chi connectivity index (χ0n) is 7.55. The molecule has 0 spiro atoms. The molecule has 0 saturated carbocycles. The topological polar surface area (TPSA) is 0 Å². The third-order valence-corrected chi connectivity index (χ3v) is 2.73. The lowest BCUT2D eigenvalue weighted by Gasteiger charge is -2.05. The second-order valence-electron chi connectivity index (χ2n) is 2.72. The number of aryl methyl sites for hydroxylation is 1. The monoisotopic (exact) mass is 224 g/mol. The summed E-state index contributed by atoms with van der Waals surface area (Å²) in [6.45, 7) is 6.47. The molecule has 0 heterocycles. The van der Waals surface area contributed by atoms with Crippen molar-refractivity contribution in [3.05, 3.63) is 28.8 Å². The Hall–Kier alpha value is 0.230. The van der Waals surface area contributed by atoms with Gasteiger partial charge in [-0.05, 0) is 42.8 Å². The lowest BCUT2D eigenvalue weighted by molar-refractivity contribution is 1.29. The molecule has 1 atom stereocenters. The molecule has 0 N–H and O–H groups in total. The van der Waals surface area contributed by atoms with Crippen molar-refractivity contribution in [3.8, 4) is 0 Å². The van der Waals surface area contributed by atoms with Gasteiger partial charge in [0.15, 0.2) is 0 Å². The van der Waals surface area contributed by atoms with Crippen molar-refractivity contribution in [2.75, 3.05) is 0 Å². The predicted octanol–water partition coefficient (Wildman–Crippen LogP) is 2.96. The van der Waals surface area contributed by atoms with Crippen molar-refractivity contribution in [1.82, 2.24) is 0 Å². The second-order valence-corrected chi connectivity index (χ2v) is 3.34. The van der Waals surface area contributed by atoms with E-state index in [0.29, 0.717) is 0 Å². The fourth-order valence-corrected chi connectivity index (χ4v) is 1.29. The highest BCUT2D eigenvalue weighted by Gasteiger charge is 1.97. The highest BCUT2D eigenvalue weighted by atomic mass is 35.5. The Balaban J connectivity index is 0. The summed E-state index contributed by atoms with van der Waals surface area (Å²) in [7, 11) is 2.74. The molecule has 0 bridgehead atoms. The van der Waals surface area contributed by atoms with Crippen LogP contribution in [0.15, 0.2) is 12.1 Å². The van der Waals surface area contributed by atoms with E-state index in [2.05, 4.69) is 42.1 Å². The van der Waals surface area contributed by atoms with Gasteiger partial charge in [0.05, 0.1) is 0 Å². The molecule has 0 amide bonds. The molecule has 1 unspecified atom stereocenters. The summed E-state index contributed by atoms with van der Waals surface area (Å²) in [4.78, 5) is 0. The van der Waals surface area contributed by atoms with Crippen molar-refractivity contribution < 1.29 is 0 Å². The number of halogens is 2. The Labute approximate surface area is 89.2 Å². The van der Waals surface area contributed by atoms with E-state index in [-0.39, 0.29) is 24.8 Å². The molecule has 0 fully saturated rings. The third-order valence-electron chi connectivity index (χ3n) is 2.10. The van der Waals surface area contributed by atoms with Crippen molar-refractivity contribution >= 4 is 39.4 Å². The molecule has 0 radical (unpaired) electrons. The van der Waals surface area contributed by atoms with Gasteiger partial charge in [-0.1, -0.05) is 12.1 Å². The average molecular weight is 225 g/mol. The van der Waals surface area contributed by atoms with E-state index < -0.39 is 0 Å². The summed E-state index contributed by atoms with van der Waals surface area (Å²) in [6.07, 6.45) is 0. The van der Waals surface area contributed by atoms with Gasteiger partial charge in [0.1, 0.15) is 0 Å². The van der Waals surface area contributed by atoms with E-state index in [1.54, 1.807) is 0 Å². The highest BCUT2D eigenvalue weighted by Crippen LogP contribution is 2.10. The van der Waals surface area contributed by atoms with Crippen LogP contribution in [0, 0.1) is 20.8 Å². The van der Waals surface area contributed by atoms with Crippen LogP contribution in [-0.4, -0.2) is 0 Å². The molecule has 12 heavy (non-hydrogen) atoms. The number of benzene rings is 1. The molecule has 0 aliphatic rings. The van der Waals surface area contributed by atoms with Crippen LogP contribution in [0.2, 0.25) is 0 Å². The van der Waals surface area contributed by atoms with Crippen LogP contribution in [0.3, 0.4) is 0 Å². The molecule has 3 heteroatoms. The van der Waals surface area contributed by atoms with Gasteiger partial charge in [0, 0.05) is 0 Å². The number of hydrogen-bond acceptors (Lipinski definition) is 0. The van der Waals surface area contributed by atoms with Crippen LogP contribution in [0.25, 0.3) is 0 Å². The summed E-state index contributed by atoms with van der Waals surface area (Å²) in [6, 6.07) is 4.30. The second kappa shape index (κ2) is 5.80. The van der Waals surface area contributed by atoms with Gasteiger partial charge in [0.2, 0.25) is 0 Å². The Morgan fingerprint density at radius 1 is 0.917 bits per heavy atom. The van der Waals surface area contributed by atoms with Crippen LogP contribution in [0.4, 0.5) is 0 Å². The number of hydrogen-bond donors (Lipinski definition) is 0. The zero-order valence-corrected chi connectivity index (χ0v) is 10.3. The lowest BCUT2D eigenvalue weighted by Crippen LogP contribution is -2.00. The van der Waals surface area contributed by atoms with Crippen LogP contribution >= 0.6 is 34.1 Å². The van der Waals surface area contributed by atoms with E-state index in [1.165, 1.54) is 22.0 Å². The van der Waals surface area contributed by atoms with Crippen LogP contribution < -0.4 is 5.30 Å². The van der Waals surface area contributed by atoms with E-state index in [0.717, 1.165) is 0 Å². The first kappa shape index (κ1) is 14.7. The van der Waals surface area contributed by atoms with Gasteiger partial charge in [0.25, 0.3) is 0 Å². The van der Waals surface area contributed by atoms with Crippen LogP contribution in [-0.2, 0) is 0 Å². The Morgan fingerprint density at radius 3 is 1.83 bits per heavy atom. The summed E-state index contributed by atoms with van der Waals surface area (Å²) >= 11 is 0. The van der Waals surface area contributed by atoms with Crippen molar-refractivity contribution in [2.24, 2.45) is 0 Å². The first-order valence-electron chi connectivity index (χ1n) is 3.45. The maximum Gasteiger partial charge on any atom is -0.0271 e. The molecule has 0 aromatic heterocycles. The summed E-state index contributed by atoms with van der Waals surface area (Å²) in [5, 5.41) is 1.31. The number of rotatable bonds is 0. The van der Waals surface area contributed by atoms with Gasteiger partial charge in [-0.15, -0.1) is 34.1 Å². The van der Waals surface area contributed by atoms with E-state index in [9.17, 15) is 0 Å². The summed E-state index contributed by atoms with van der Waals surface area (Å²) < 4.78 is 0. The molecule has 0 aliphatic heterocycles. The smallest absolute Gasteiger partial charge is 0.0271 e. The standard InChI is InChI=1S/C9H13P.2ClH/c1-6-4-5-9(10)8(3)7(6)2;;/h4-5H,10H2,1-3H3;2*1H. The molecular formula is C9H15Cl2P. The maximum absolute atomic E-state index is 2.74. The fraction of sp³-hybridized carbons (Fsp3) is 0.333. The first-order chi connectivity index (χ1) is 4.63. The minimum atomic E-state index is 0. The Kier molecular flexibility index (Phi) is 7.13. The fourth-order valence-electron chi connectivity index (χ4n) is 0.977. The van der Waals surface area contributed by atoms with Gasteiger partial charge in [-0.3, -0.25) is 0 Å². The molecule has 1 aromatic rings. The van der Waals surface area contributed by atoms with Gasteiger partial charge < -0.3 is 0 Å². The zero-order chi connectivity index (χ0) is 7.72. The van der Waals surface area contributed by atoms with Gasteiger partial charge in [-0.2, -0.15) is 0 Å². The molecule has 70 valence electrons. The Morgan fingerprint density at radius 2 is 1.42 bits per heavy atom. The van der Waals surface area contributed by atoms with Crippen molar-refractivity contribution in [1.29, 1.82) is 0 Å². The van der Waals surface area contributed by atoms with E-state index >= 15 is 0 Å². The highest BCUT2D eigenvalue weighted by molar-refractivity contribution is 7.27. The largest absolute Gasteiger partial charge is 0.147 e. The summed E-state index contributed by atoms with van der Waals surface area (Å²) in [5.41, 5.74) is 4.18.